The number of carbonyl (C=O) groups excluding carboxylic acids is 1. The fourth-order valence-electron chi connectivity index (χ4n) is 3.57. The quantitative estimate of drug-likeness (QED) is 0.916. The molecule has 0 spiro atoms. The lowest BCUT2D eigenvalue weighted by molar-refractivity contribution is -0.141. The maximum Gasteiger partial charge on any atom is 0.308 e. The molecule has 1 amide bonds. The second-order valence-electron chi connectivity index (χ2n) is 6.86. The molecule has 2 atom stereocenters. The van der Waals surface area contributed by atoms with Gasteiger partial charge in [-0.05, 0) is 43.2 Å². The van der Waals surface area contributed by atoms with Gasteiger partial charge in [0.25, 0.3) is 5.91 Å². The summed E-state index contributed by atoms with van der Waals surface area (Å²) >= 11 is 0. The molecule has 1 N–H and O–H groups in total. The first-order valence-corrected chi connectivity index (χ1v) is 8.64. The Morgan fingerprint density at radius 3 is 2.58 bits per heavy atom. The third-order valence-corrected chi connectivity index (χ3v) is 5.07. The number of methoxy groups -OCH3 is 1. The van der Waals surface area contributed by atoms with Crippen molar-refractivity contribution in [2.24, 2.45) is 5.92 Å². The maximum absolute atomic E-state index is 13.0. The van der Waals surface area contributed by atoms with Crippen molar-refractivity contribution in [2.45, 2.75) is 19.8 Å². The van der Waals surface area contributed by atoms with Gasteiger partial charge in [0.2, 0.25) is 0 Å². The van der Waals surface area contributed by atoms with Crippen molar-refractivity contribution in [2.75, 3.05) is 20.2 Å². The predicted molar refractivity (Wildman–Crippen MR) is 98.7 cm³/mol. The Hall–Kier alpha value is -2.82. The molecule has 0 bridgehead atoms. The van der Waals surface area contributed by atoms with E-state index in [1.165, 1.54) is 0 Å². The number of nitrogens with zero attached hydrogens (tertiary/aromatic N) is 1. The average molecular weight is 353 g/mol. The van der Waals surface area contributed by atoms with Crippen LogP contribution in [-0.2, 0) is 4.79 Å². The van der Waals surface area contributed by atoms with Gasteiger partial charge in [0, 0.05) is 24.6 Å². The Balaban J connectivity index is 1.90. The molecule has 1 aliphatic heterocycles. The Morgan fingerprint density at radius 1 is 1.12 bits per heavy atom. The summed E-state index contributed by atoms with van der Waals surface area (Å²) in [5, 5.41) is 9.67. The van der Waals surface area contributed by atoms with Crippen molar-refractivity contribution >= 4 is 11.9 Å². The molecule has 0 aliphatic carbocycles. The lowest BCUT2D eigenvalue weighted by Crippen LogP contribution is -2.30. The van der Waals surface area contributed by atoms with E-state index in [9.17, 15) is 14.7 Å². The first kappa shape index (κ1) is 18.0. The molecule has 5 heteroatoms. The van der Waals surface area contributed by atoms with E-state index < -0.39 is 11.9 Å². The van der Waals surface area contributed by atoms with Crippen molar-refractivity contribution in [1.29, 1.82) is 0 Å². The summed E-state index contributed by atoms with van der Waals surface area (Å²) in [5.41, 5.74) is 3.43. The van der Waals surface area contributed by atoms with Crippen LogP contribution in [-0.4, -0.2) is 42.1 Å². The molecule has 0 unspecified atom stereocenters. The third kappa shape index (κ3) is 3.43. The lowest BCUT2D eigenvalue weighted by atomic mass is 9.89. The van der Waals surface area contributed by atoms with E-state index in [1.807, 2.05) is 56.3 Å². The van der Waals surface area contributed by atoms with Gasteiger partial charge in [-0.2, -0.15) is 0 Å². The van der Waals surface area contributed by atoms with Gasteiger partial charge in [0.05, 0.1) is 13.0 Å². The van der Waals surface area contributed by atoms with E-state index in [2.05, 4.69) is 0 Å². The molecule has 0 radical (unpaired) electrons. The zero-order valence-corrected chi connectivity index (χ0v) is 15.2. The van der Waals surface area contributed by atoms with Gasteiger partial charge in [0.1, 0.15) is 5.75 Å². The van der Waals surface area contributed by atoms with E-state index in [0.717, 1.165) is 16.7 Å². The van der Waals surface area contributed by atoms with Crippen molar-refractivity contribution < 1.29 is 19.4 Å². The molecule has 0 aromatic heterocycles. The summed E-state index contributed by atoms with van der Waals surface area (Å²) in [6, 6.07) is 13.2. The minimum absolute atomic E-state index is 0.108. The number of carboxylic acid groups (broad SMARTS) is 1. The van der Waals surface area contributed by atoms with Crippen LogP contribution in [0.5, 0.6) is 5.75 Å². The first-order valence-electron chi connectivity index (χ1n) is 8.64. The van der Waals surface area contributed by atoms with Crippen LogP contribution in [0.15, 0.2) is 42.5 Å². The summed E-state index contributed by atoms with van der Waals surface area (Å²) in [6.45, 7) is 4.44. The minimum atomic E-state index is -0.880. The molecule has 2 aromatic carbocycles. The number of aliphatic carboxylic acids is 1. The first-order chi connectivity index (χ1) is 12.4. The Kier molecular flexibility index (Phi) is 4.98. The third-order valence-electron chi connectivity index (χ3n) is 5.07. The zero-order chi connectivity index (χ0) is 18.8. The van der Waals surface area contributed by atoms with Gasteiger partial charge < -0.3 is 14.7 Å². The smallest absolute Gasteiger partial charge is 0.308 e. The van der Waals surface area contributed by atoms with Gasteiger partial charge in [-0.15, -0.1) is 0 Å². The Bertz CT molecular complexity index is 846. The zero-order valence-electron chi connectivity index (χ0n) is 15.2. The van der Waals surface area contributed by atoms with E-state index in [4.69, 9.17) is 4.74 Å². The molecule has 5 nitrogen and oxygen atoms in total. The van der Waals surface area contributed by atoms with Gasteiger partial charge in [-0.25, -0.2) is 0 Å². The number of hydrogen-bond acceptors (Lipinski definition) is 3. The van der Waals surface area contributed by atoms with Gasteiger partial charge in [-0.1, -0.05) is 29.8 Å². The Morgan fingerprint density at radius 2 is 1.88 bits per heavy atom. The lowest BCUT2D eigenvalue weighted by Gasteiger charge is -2.18. The highest BCUT2D eigenvalue weighted by Crippen LogP contribution is 2.35. The van der Waals surface area contributed by atoms with Crippen molar-refractivity contribution in [3.8, 4) is 5.75 Å². The molecule has 1 aliphatic rings. The molecule has 136 valence electrons. The standard InChI is InChI=1S/C21H23NO4/c1-13-7-8-14(2)17(9-13)20(23)22-11-18(19(12-22)21(24)25)15-5-4-6-16(10-15)26-3/h4-10,18-19H,11-12H2,1-3H3,(H,24,25)/t18-,19+/m1/s1. The molecule has 1 saturated heterocycles. The molecule has 26 heavy (non-hydrogen) atoms. The highest BCUT2D eigenvalue weighted by atomic mass is 16.5. The van der Waals surface area contributed by atoms with E-state index in [1.54, 1.807) is 12.0 Å². The van der Waals surface area contributed by atoms with Crippen LogP contribution in [0.1, 0.15) is 33.0 Å². The predicted octanol–water partition coefficient (Wildman–Crippen LogP) is 3.25. The average Bonchev–Trinajstić information content (AvgIpc) is 3.09. The van der Waals surface area contributed by atoms with E-state index in [-0.39, 0.29) is 18.4 Å². The number of carbonyl (C=O) groups is 2. The molecule has 2 aromatic rings. The molecule has 3 rings (SSSR count). The van der Waals surface area contributed by atoms with Gasteiger partial charge in [0.15, 0.2) is 0 Å². The van der Waals surface area contributed by atoms with Gasteiger partial charge in [-0.3, -0.25) is 9.59 Å². The number of amides is 1. The number of benzene rings is 2. The van der Waals surface area contributed by atoms with E-state index >= 15 is 0 Å². The fraction of sp³-hybridized carbons (Fsp3) is 0.333. The van der Waals surface area contributed by atoms with Crippen molar-refractivity contribution in [3.63, 3.8) is 0 Å². The summed E-state index contributed by atoms with van der Waals surface area (Å²) in [6.07, 6.45) is 0. The Labute approximate surface area is 153 Å². The molecule has 1 fully saturated rings. The number of rotatable bonds is 4. The van der Waals surface area contributed by atoms with Crippen LogP contribution in [0.4, 0.5) is 0 Å². The van der Waals surface area contributed by atoms with Crippen LogP contribution in [0.25, 0.3) is 0 Å². The largest absolute Gasteiger partial charge is 0.497 e. The highest BCUT2D eigenvalue weighted by molar-refractivity contribution is 5.96. The molecule has 1 heterocycles. The second kappa shape index (κ2) is 7.20. The minimum Gasteiger partial charge on any atom is -0.497 e. The summed E-state index contributed by atoms with van der Waals surface area (Å²) in [5.74, 6) is -1.18. The summed E-state index contributed by atoms with van der Waals surface area (Å²) in [4.78, 5) is 26.5. The topological polar surface area (TPSA) is 66.8 Å². The number of aryl methyl sites for hydroxylation is 2. The number of hydrogen-bond donors (Lipinski definition) is 1. The fourth-order valence-corrected chi connectivity index (χ4v) is 3.57. The summed E-state index contributed by atoms with van der Waals surface area (Å²) < 4.78 is 5.25. The molecular formula is C21H23NO4. The number of likely N-dealkylation sites (tertiary alicyclic amines) is 1. The van der Waals surface area contributed by atoms with Crippen molar-refractivity contribution in [1.82, 2.24) is 4.90 Å². The van der Waals surface area contributed by atoms with Crippen molar-refractivity contribution in [3.05, 3.63) is 64.7 Å². The van der Waals surface area contributed by atoms with Crippen LogP contribution >= 0.6 is 0 Å². The monoisotopic (exact) mass is 353 g/mol. The van der Waals surface area contributed by atoms with Crippen LogP contribution in [0.3, 0.4) is 0 Å². The number of carboxylic acids is 1. The molecule has 0 saturated carbocycles. The van der Waals surface area contributed by atoms with Crippen LogP contribution in [0, 0.1) is 19.8 Å². The van der Waals surface area contributed by atoms with Gasteiger partial charge >= 0.3 is 5.97 Å². The normalized spacial score (nSPS) is 19.4. The highest BCUT2D eigenvalue weighted by Gasteiger charge is 2.41. The van der Waals surface area contributed by atoms with Crippen LogP contribution < -0.4 is 4.74 Å². The molecular weight excluding hydrogens is 330 g/mol. The second-order valence-corrected chi connectivity index (χ2v) is 6.86. The summed E-state index contributed by atoms with van der Waals surface area (Å²) in [7, 11) is 1.58. The SMILES string of the molecule is COc1cccc([C@H]2CN(C(=O)c3cc(C)ccc3C)C[C@@H]2C(=O)O)c1. The van der Waals surface area contributed by atoms with Crippen LogP contribution in [0.2, 0.25) is 0 Å². The number of ether oxygens (including phenoxy) is 1. The maximum atomic E-state index is 13.0. The van der Waals surface area contributed by atoms with E-state index in [0.29, 0.717) is 17.9 Å².